The van der Waals surface area contributed by atoms with Gasteiger partial charge in [-0.1, -0.05) is 53.5 Å². The van der Waals surface area contributed by atoms with Crippen molar-refractivity contribution in [3.8, 4) is 5.75 Å². The van der Waals surface area contributed by atoms with Gasteiger partial charge in [0.25, 0.3) is 0 Å². The molecule has 1 fully saturated rings. The molecule has 0 aromatic heterocycles. The van der Waals surface area contributed by atoms with Crippen LogP contribution in [0.3, 0.4) is 0 Å². The molecule has 186 valence electrons. The first-order chi connectivity index (χ1) is 16.0. The number of nitrogens with zero attached hydrogens (tertiary/aromatic N) is 1. The SMILES string of the molecule is CS(=O)(=O)NC(C[C@@H](O)CN1CCC(Oc2ccc(Cl)c(Cl)c2)CC1)(C(N)=O)c1ccccc1. The largest absolute Gasteiger partial charge is 0.490 e. The second-order valence-corrected chi connectivity index (χ2v) is 11.1. The summed E-state index contributed by atoms with van der Waals surface area (Å²) in [6, 6.07) is 13.5. The molecule has 1 saturated heterocycles. The number of likely N-dealkylation sites (tertiary alicyclic amines) is 1. The molecule has 0 bridgehead atoms. The number of nitrogens with two attached hydrogens (primary N) is 1. The zero-order valence-electron chi connectivity index (χ0n) is 18.8. The Bertz CT molecular complexity index is 1100. The van der Waals surface area contributed by atoms with Crippen molar-refractivity contribution >= 4 is 39.1 Å². The Labute approximate surface area is 210 Å². The number of hydrogen-bond acceptors (Lipinski definition) is 6. The van der Waals surface area contributed by atoms with Crippen LogP contribution >= 0.6 is 23.2 Å². The normalized spacial score (nSPS) is 18.2. The lowest BCUT2D eigenvalue weighted by molar-refractivity contribution is -0.125. The molecular formula is C23H29Cl2N3O5S. The van der Waals surface area contributed by atoms with Crippen molar-refractivity contribution in [1.29, 1.82) is 0 Å². The zero-order chi connectivity index (χ0) is 24.9. The highest BCUT2D eigenvalue weighted by Crippen LogP contribution is 2.30. The molecule has 1 heterocycles. The van der Waals surface area contributed by atoms with Crippen molar-refractivity contribution in [2.45, 2.75) is 37.0 Å². The molecule has 1 aliphatic heterocycles. The number of benzene rings is 2. The van der Waals surface area contributed by atoms with Crippen molar-refractivity contribution < 1.29 is 23.1 Å². The van der Waals surface area contributed by atoms with Gasteiger partial charge in [0.05, 0.1) is 22.4 Å². The summed E-state index contributed by atoms with van der Waals surface area (Å²) in [4.78, 5) is 14.6. The van der Waals surface area contributed by atoms with Gasteiger partial charge in [0.15, 0.2) is 0 Å². The third-order valence-electron chi connectivity index (χ3n) is 5.79. The minimum absolute atomic E-state index is 0.00781. The predicted molar refractivity (Wildman–Crippen MR) is 132 cm³/mol. The van der Waals surface area contributed by atoms with Crippen LogP contribution in [0.1, 0.15) is 24.8 Å². The Hall–Kier alpha value is -1.88. The van der Waals surface area contributed by atoms with E-state index in [9.17, 15) is 18.3 Å². The highest BCUT2D eigenvalue weighted by Gasteiger charge is 2.43. The van der Waals surface area contributed by atoms with Crippen molar-refractivity contribution in [3.05, 3.63) is 64.1 Å². The lowest BCUT2D eigenvalue weighted by Crippen LogP contribution is -2.57. The van der Waals surface area contributed by atoms with Gasteiger partial charge in [-0.2, -0.15) is 4.72 Å². The minimum atomic E-state index is -3.81. The van der Waals surface area contributed by atoms with E-state index < -0.39 is 27.6 Å². The first-order valence-corrected chi connectivity index (χ1v) is 13.5. The van der Waals surface area contributed by atoms with Gasteiger partial charge >= 0.3 is 0 Å². The molecule has 0 radical (unpaired) electrons. The summed E-state index contributed by atoms with van der Waals surface area (Å²) in [5.41, 5.74) is 4.29. The minimum Gasteiger partial charge on any atom is -0.490 e. The second kappa shape index (κ2) is 11.2. The van der Waals surface area contributed by atoms with Crippen molar-refractivity contribution in [3.63, 3.8) is 0 Å². The van der Waals surface area contributed by atoms with Crippen molar-refractivity contribution in [2.75, 3.05) is 25.9 Å². The molecule has 3 rings (SSSR count). The standard InChI is InChI=1S/C23H29Cl2N3O5S/c1-34(31,32)27-23(22(26)30,16-5-3-2-4-6-16)14-17(29)15-28-11-9-18(10-12-28)33-19-7-8-20(24)21(25)13-19/h2-8,13,17-18,27,29H,9-12,14-15H2,1H3,(H2,26,30)/t17-,23?/m1/s1. The van der Waals surface area contributed by atoms with Crippen LogP contribution in [0.4, 0.5) is 0 Å². The number of halogens is 2. The number of carbonyl (C=O) groups is 1. The maximum atomic E-state index is 12.5. The van der Waals surface area contributed by atoms with Gasteiger partial charge in [-0.05, 0) is 30.5 Å². The topological polar surface area (TPSA) is 122 Å². The second-order valence-electron chi connectivity index (χ2n) is 8.56. The number of sulfonamides is 1. The predicted octanol–water partition coefficient (Wildman–Crippen LogP) is 2.52. The summed E-state index contributed by atoms with van der Waals surface area (Å²) < 4.78 is 32.5. The number of β-amino-alcohol motifs (C(OH)–C–C–N with tert-alkyl or cyclic N) is 1. The molecule has 2 aromatic rings. The molecule has 1 amide bonds. The van der Waals surface area contributed by atoms with Crippen LogP contribution in [-0.4, -0.2) is 62.4 Å². The summed E-state index contributed by atoms with van der Waals surface area (Å²) >= 11 is 12.0. The first kappa shape index (κ1) is 26.7. The number of carbonyl (C=O) groups excluding carboxylic acids is 1. The number of nitrogens with one attached hydrogen (secondary N) is 1. The van der Waals surface area contributed by atoms with Gasteiger partial charge in [-0.3, -0.25) is 4.79 Å². The quantitative estimate of drug-likeness (QED) is 0.434. The fraction of sp³-hybridized carbons (Fsp3) is 0.435. The molecule has 2 atom stereocenters. The van der Waals surface area contributed by atoms with Crippen LogP contribution in [0.2, 0.25) is 10.0 Å². The lowest BCUT2D eigenvalue weighted by Gasteiger charge is -2.36. The van der Waals surface area contributed by atoms with Crippen LogP contribution in [0.5, 0.6) is 5.75 Å². The molecule has 34 heavy (non-hydrogen) atoms. The zero-order valence-corrected chi connectivity index (χ0v) is 21.1. The summed E-state index contributed by atoms with van der Waals surface area (Å²) in [7, 11) is -3.81. The van der Waals surface area contributed by atoms with Gasteiger partial charge in [0.2, 0.25) is 15.9 Å². The number of amides is 1. The van der Waals surface area contributed by atoms with E-state index in [1.54, 1.807) is 48.5 Å². The van der Waals surface area contributed by atoms with Crippen molar-refractivity contribution in [2.24, 2.45) is 5.73 Å². The highest BCUT2D eigenvalue weighted by molar-refractivity contribution is 7.88. The molecule has 0 saturated carbocycles. The van der Waals surface area contributed by atoms with Crippen LogP contribution in [0.25, 0.3) is 0 Å². The summed E-state index contributed by atoms with van der Waals surface area (Å²) in [6.45, 7) is 1.59. The van der Waals surface area contributed by atoms with E-state index in [0.29, 0.717) is 34.4 Å². The monoisotopic (exact) mass is 529 g/mol. The number of aliphatic hydroxyl groups is 1. The molecule has 1 aliphatic rings. The molecule has 2 aromatic carbocycles. The van der Waals surface area contributed by atoms with E-state index in [1.165, 1.54) is 0 Å². The number of primary amides is 1. The van der Waals surface area contributed by atoms with Crippen LogP contribution in [0.15, 0.2) is 48.5 Å². The molecule has 1 unspecified atom stereocenters. The molecule has 8 nitrogen and oxygen atoms in total. The van der Waals surface area contributed by atoms with Gasteiger partial charge in [0.1, 0.15) is 17.4 Å². The number of aliphatic hydroxyl groups excluding tert-OH is 1. The maximum Gasteiger partial charge on any atom is 0.243 e. The van der Waals surface area contributed by atoms with Gasteiger partial charge in [-0.25, -0.2) is 8.42 Å². The smallest absolute Gasteiger partial charge is 0.243 e. The number of rotatable bonds is 10. The van der Waals surface area contributed by atoms with Crippen molar-refractivity contribution in [1.82, 2.24) is 9.62 Å². The average molecular weight is 530 g/mol. The Morgan fingerprint density at radius 1 is 1.21 bits per heavy atom. The van der Waals surface area contributed by atoms with E-state index in [2.05, 4.69) is 9.62 Å². The highest BCUT2D eigenvalue weighted by atomic mass is 35.5. The molecule has 11 heteroatoms. The van der Waals surface area contributed by atoms with Crippen LogP contribution in [0, 0.1) is 0 Å². The van der Waals surface area contributed by atoms with Gasteiger partial charge in [0, 0.05) is 32.1 Å². The van der Waals surface area contributed by atoms with E-state index in [0.717, 1.165) is 19.1 Å². The van der Waals surface area contributed by atoms with Gasteiger partial charge in [-0.15, -0.1) is 0 Å². The third kappa shape index (κ3) is 7.07. The number of ether oxygens (including phenoxy) is 1. The summed E-state index contributed by atoms with van der Waals surface area (Å²) in [6.07, 6.45) is 1.21. The Morgan fingerprint density at radius 2 is 1.85 bits per heavy atom. The van der Waals surface area contributed by atoms with E-state index in [1.807, 2.05) is 0 Å². The van der Waals surface area contributed by atoms with E-state index in [-0.39, 0.29) is 19.1 Å². The molecule has 0 spiro atoms. The maximum absolute atomic E-state index is 12.5. The Morgan fingerprint density at radius 3 is 2.41 bits per heavy atom. The number of piperidine rings is 1. The lowest BCUT2D eigenvalue weighted by atomic mass is 9.84. The summed E-state index contributed by atoms with van der Waals surface area (Å²) in [5.74, 6) is -0.231. The fourth-order valence-electron chi connectivity index (χ4n) is 4.22. The van der Waals surface area contributed by atoms with E-state index in [4.69, 9.17) is 33.7 Å². The Balaban J connectivity index is 1.63. The van der Waals surface area contributed by atoms with Gasteiger partial charge < -0.3 is 20.5 Å². The summed E-state index contributed by atoms with van der Waals surface area (Å²) in [5, 5.41) is 11.8. The third-order valence-corrected chi connectivity index (χ3v) is 7.24. The molecule has 4 N–H and O–H groups in total. The van der Waals surface area contributed by atoms with E-state index >= 15 is 0 Å². The van der Waals surface area contributed by atoms with Crippen LogP contribution < -0.4 is 15.2 Å². The Kier molecular flexibility index (Phi) is 8.83. The van der Waals surface area contributed by atoms with Crippen LogP contribution in [-0.2, 0) is 20.4 Å². The first-order valence-electron chi connectivity index (χ1n) is 10.8. The number of hydrogen-bond donors (Lipinski definition) is 3. The molecule has 0 aliphatic carbocycles. The average Bonchev–Trinajstić information content (AvgIpc) is 2.76. The molecular weight excluding hydrogens is 501 g/mol. The fourth-order valence-corrected chi connectivity index (χ4v) is 5.44.